The maximum Gasteiger partial charge on any atom is 0.238 e. The number of rotatable bonds is 6. The van der Waals surface area contributed by atoms with E-state index in [1.807, 2.05) is 31.2 Å². The molecule has 1 aliphatic heterocycles. The first-order valence-corrected chi connectivity index (χ1v) is 8.46. The van der Waals surface area contributed by atoms with Crippen LogP contribution in [-0.4, -0.2) is 62.0 Å². The number of hydrogen-bond donors (Lipinski definition) is 1. The Morgan fingerprint density at radius 3 is 2.54 bits per heavy atom. The zero-order valence-corrected chi connectivity index (χ0v) is 14.7. The molecule has 6 nitrogen and oxygen atoms in total. The zero-order chi connectivity index (χ0) is 17.5. The van der Waals surface area contributed by atoms with Gasteiger partial charge in [-0.3, -0.25) is 14.5 Å². The third kappa shape index (κ3) is 4.96. The molecule has 1 heterocycles. The molecule has 1 aliphatic rings. The van der Waals surface area contributed by atoms with E-state index < -0.39 is 0 Å². The van der Waals surface area contributed by atoms with Gasteiger partial charge < -0.3 is 15.0 Å². The fourth-order valence-corrected chi connectivity index (χ4v) is 2.95. The number of benzene rings is 1. The first-order valence-electron chi connectivity index (χ1n) is 8.46. The minimum absolute atomic E-state index is 0.0560. The highest BCUT2D eigenvalue weighted by Crippen LogP contribution is 2.24. The molecule has 0 radical (unpaired) electrons. The van der Waals surface area contributed by atoms with E-state index in [9.17, 15) is 9.59 Å². The van der Waals surface area contributed by atoms with Crippen LogP contribution in [0.25, 0.3) is 0 Å². The lowest BCUT2D eigenvalue weighted by Gasteiger charge is -2.31. The Morgan fingerprint density at radius 1 is 1.25 bits per heavy atom. The molecule has 6 heteroatoms. The number of piperidine rings is 1. The van der Waals surface area contributed by atoms with Gasteiger partial charge in [-0.2, -0.15) is 0 Å². The molecular weight excluding hydrogens is 306 g/mol. The number of likely N-dealkylation sites (tertiary alicyclic amines) is 1. The van der Waals surface area contributed by atoms with Crippen molar-refractivity contribution in [2.45, 2.75) is 19.8 Å². The topological polar surface area (TPSA) is 61.9 Å². The summed E-state index contributed by atoms with van der Waals surface area (Å²) in [5, 5.41) is 2.91. The first kappa shape index (κ1) is 18.3. The Bertz CT molecular complexity index is 566. The Hall–Kier alpha value is -2.08. The molecule has 1 saturated heterocycles. The van der Waals surface area contributed by atoms with Crippen LogP contribution in [0.5, 0.6) is 5.75 Å². The van der Waals surface area contributed by atoms with Crippen LogP contribution in [0.3, 0.4) is 0 Å². The van der Waals surface area contributed by atoms with Crippen molar-refractivity contribution < 1.29 is 14.3 Å². The molecule has 132 valence electrons. The minimum Gasteiger partial charge on any atom is -0.492 e. The fraction of sp³-hybridized carbons (Fsp3) is 0.556. The lowest BCUT2D eigenvalue weighted by Crippen LogP contribution is -2.43. The van der Waals surface area contributed by atoms with Gasteiger partial charge in [-0.05, 0) is 45.0 Å². The fourth-order valence-electron chi connectivity index (χ4n) is 2.95. The molecule has 0 aromatic heterocycles. The average molecular weight is 333 g/mol. The molecule has 2 rings (SSSR count). The Kier molecular flexibility index (Phi) is 6.61. The van der Waals surface area contributed by atoms with E-state index in [1.165, 1.54) is 0 Å². The van der Waals surface area contributed by atoms with E-state index >= 15 is 0 Å². The number of nitrogens with zero attached hydrogens (tertiary/aromatic N) is 2. The molecule has 1 aromatic rings. The molecule has 0 saturated carbocycles. The van der Waals surface area contributed by atoms with E-state index in [0.717, 1.165) is 25.9 Å². The van der Waals surface area contributed by atoms with E-state index in [4.69, 9.17) is 4.74 Å². The number of carbonyl (C=O) groups is 2. The Morgan fingerprint density at radius 2 is 1.92 bits per heavy atom. The number of nitrogens with one attached hydrogen (secondary N) is 1. The maximum atomic E-state index is 12.3. The minimum atomic E-state index is -0.0560. The van der Waals surface area contributed by atoms with Gasteiger partial charge in [-0.15, -0.1) is 0 Å². The summed E-state index contributed by atoms with van der Waals surface area (Å²) in [6, 6.07) is 7.44. The van der Waals surface area contributed by atoms with E-state index in [0.29, 0.717) is 24.6 Å². The SMILES string of the molecule is CCOc1ccccc1NC(=O)CN1CCC(C(=O)N(C)C)CC1. The van der Waals surface area contributed by atoms with Crippen LogP contribution in [0.1, 0.15) is 19.8 Å². The third-order valence-corrected chi connectivity index (χ3v) is 4.21. The van der Waals surface area contributed by atoms with Gasteiger partial charge in [-0.1, -0.05) is 12.1 Å². The number of ether oxygens (including phenoxy) is 1. The maximum absolute atomic E-state index is 12.3. The van der Waals surface area contributed by atoms with Crippen molar-refractivity contribution in [1.82, 2.24) is 9.80 Å². The molecule has 1 N–H and O–H groups in total. The monoisotopic (exact) mass is 333 g/mol. The van der Waals surface area contributed by atoms with Gasteiger partial charge in [-0.25, -0.2) is 0 Å². The van der Waals surface area contributed by atoms with Gasteiger partial charge in [0.05, 0.1) is 18.8 Å². The van der Waals surface area contributed by atoms with Gasteiger partial charge in [0.25, 0.3) is 0 Å². The number of hydrogen-bond acceptors (Lipinski definition) is 4. The van der Waals surface area contributed by atoms with E-state index in [-0.39, 0.29) is 17.7 Å². The van der Waals surface area contributed by atoms with Gasteiger partial charge in [0.15, 0.2) is 0 Å². The van der Waals surface area contributed by atoms with Crippen LogP contribution in [-0.2, 0) is 9.59 Å². The predicted octanol–water partition coefficient (Wildman–Crippen LogP) is 1.82. The second kappa shape index (κ2) is 8.68. The van der Waals surface area contributed by atoms with E-state index in [1.54, 1.807) is 19.0 Å². The van der Waals surface area contributed by atoms with Crippen molar-refractivity contribution in [1.29, 1.82) is 0 Å². The number of para-hydroxylation sites is 2. The number of anilines is 1. The lowest BCUT2D eigenvalue weighted by molar-refractivity contribution is -0.134. The summed E-state index contributed by atoms with van der Waals surface area (Å²) in [6.07, 6.45) is 1.61. The largest absolute Gasteiger partial charge is 0.492 e. The number of carbonyl (C=O) groups excluding carboxylic acids is 2. The predicted molar refractivity (Wildman–Crippen MR) is 94.1 cm³/mol. The molecule has 0 aliphatic carbocycles. The summed E-state index contributed by atoms with van der Waals surface area (Å²) in [5.41, 5.74) is 0.696. The van der Waals surface area contributed by atoms with Crippen molar-refractivity contribution in [3.05, 3.63) is 24.3 Å². The summed E-state index contributed by atoms with van der Waals surface area (Å²) in [6.45, 7) is 4.34. The second-order valence-corrected chi connectivity index (χ2v) is 6.26. The third-order valence-electron chi connectivity index (χ3n) is 4.21. The van der Waals surface area contributed by atoms with Crippen LogP contribution < -0.4 is 10.1 Å². The normalized spacial score (nSPS) is 15.8. The van der Waals surface area contributed by atoms with Crippen molar-refractivity contribution in [2.24, 2.45) is 5.92 Å². The summed E-state index contributed by atoms with van der Waals surface area (Å²) in [4.78, 5) is 28.0. The highest BCUT2D eigenvalue weighted by atomic mass is 16.5. The summed E-state index contributed by atoms with van der Waals surface area (Å²) >= 11 is 0. The smallest absolute Gasteiger partial charge is 0.238 e. The standard InChI is InChI=1S/C18H27N3O3/c1-4-24-16-8-6-5-7-15(16)19-17(22)13-21-11-9-14(10-12-21)18(23)20(2)3/h5-8,14H,4,9-13H2,1-3H3,(H,19,22). The van der Waals surface area contributed by atoms with Gasteiger partial charge >= 0.3 is 0 Å². The number of amides is 2. The first-order chi connectivity index (χ1) is 11.5. The highest BCUT2D eigenvalue weighted by Gasteiger charge is 2.26. The summed E-state index contributed by atoms with van der Waals surface area (Å²) in [5.74, 6) is 0.894. The molecule has 0 bridgehead atoms. The van der Waals surface area contributed by atoms with Gasteiger partial charge in [0, 0.05) is 20.0 Å². The summed E-state index contributed by atoms with van der Waals surface area (Å²) < 4.78 is 5.52. The Labute approximate surface area is 143 Å². The Balaban J connectivity index is 1.83. The quantitative estimate of drug-likeness (QED) is 0.863. The molecule has 0 unspecified atom stereocenters. The molecule has 0 spiro atoms. The van der Waals surface area contributed by atoms with Crippen LogP contribution in [0.15, 0.2) is 24.3 Å². The van der Waals surface area contributed by atoms with Crippen molar-refractivity contribution >= 4 is 17.5 Å². The van der Waals surface area contributed by atoms with E-state index in [2.05, 4.69) is 10.2 Å². The van der Waals surface area contributed by atoms with Crippen molar-refractivity contribution in [2.75, 3.05) is 45.7 Å². The van der Waals surface area contributed by atoms with Crippen LogP contribution >= 0.6 is 0 Å². The molecule has 24 heavy (non-hydrogen) atoms. The molecule has 1 aromatic carbocycles. The molecule has 0 atom stereocenters. The molecule has 2 amide bonds. The van der Waals surface area contributed by atoms with Crippen LogP contribution in [0, 0.1) is 5.92 Å². The summed E-state index contributed by atoms with van der Waals surface area (Å²) in [7, 11) is 3.58. The average Bonchev–Trinajstić information content (AvgIpc) is 2.57. The van der Waals surface area contributed by atoms with Crippen LogP contribution in [0.2, 0.25) is 0 Å². The zero-order valence-electron chi connectivity index (χ0n) is 14.7. The lowest BCUT2D eigenvalue weighted by atomic mass is 9.95. The highest BCUT2D eigenvalue weighted by molar-refractivity contribution is 5.93. The van der Waals surface area contributed by atoms with Crippen molar-refractivity contribution in [3.8, 4) is 5.75 Å². The molecule has 1 fully saturated rings. The van der Waals surface area contributed by atoms with Crippen molar-refractivity contribution in [3.63, 3.8) is 0 Å². The van der Waals surface area contributed by atoms with Crippen LogP contribution in [0.4, 0.5) is 5.69 Å². The van der Waals surface area contributed by atoms with Gasteiger partial charge in [0.2, 0.25) is 11.8 Å². The van der Waals surface area contributed by atoms with Gasteiger partial charge in [0.1, 0.15) is 5.75 Å². The second-order valence-electron chi connectivity index (χ2n) is 6.26. The molecular formula is C18H27N3O3.